The van der Waals surface area contributed by atoms with E-state index in [1.54, 1.807) is 0 Å². The fraction of sp³-hybridized carbons (Fsp3) is 0.122. The van der Waals surface area contributed by atoms with Crippen molar-refractivity contribution in [2.45, 2.75) is 34.6 Å². The molecular formula is C41H41N. The fourth-order valence-corrected chi connectivity index (χ4v) is 4.67. The molecule has 0 aliphatic heterocycles. The molecule has 210 valence electrons. The van der Waals surface area contributed by atoms with Crippen LogP contribution in [0, 0.1) is 20.8 Å². The summed E-state index contributed by atoms with van der Waals surface area (Å²) in [7, 11) is 0. The van der Waals surface area contributed by atoms with Gasteiger partial charge in [0.15, 0.2) is 0 Å². The zero-order valence-electron chi connectivity index (χ0n) is 25.5. The lowest BCUT2D eigenvalue weighted by atomic mass is 10.0. The van der Waals surface area contributed by atoms with E-state index in [4.69, 9.17) is 0 Å². The molecule has 0 fully saturated rings. The first-order valence-corrected chi connectivity index (χ1v) is 14.8. The minimum Gasteiger partial charge on any atom is -0.310 e. The number of hydrogen-bond donors (Lipinski definition) is 0. The molecule has 0 N–H and O–H groups in total. The summed E-state index contributed by atoms with van der Waals surface area (Å²) in [6.07, 6.45) is 0. The van der Waals surface area contributed by atoms with E-state index in [1.807, 2.05) is 13.8 Å². The van der Waals surface area contributed by atoms with Crippen molar-refractivity contribution in [3.8, 4) is 22.3 Å². The summed E-state index contributed by atoms with van der Waals surface area (Å²) < 4.78 is 0. The Morgan fingerprint density at radius 1 is 0.310 bits per heavy atom. The third kappa shape index (κ3) is 8.08. The summed E-state index contributed by atoms with van der Waals surface area (Å²) in [5.74, 6) is 0. The van der Waals surface area contributed by atoms with Crippen LogP contribution in [0.4, 0.5) is 17.1 Å². The fourth-order valence-electron chi connectivity index (χ4n) is 4.67. The molecule has 42 heavy (non-hydrogen) atoms. The van der Waals surface area contributed by atoms with Crippen LogP contribution in [0.3, 0.4) is 0 Å². The third-order valence-corrected chi connectivity index (χ3v) is 6.95. The van der Waals surface area contributed by atoms with Gasteiger partial charge in [0.2, 0.25) is 0 Å². The molecular weight excluding hydrogens is 506 g/mol. The Bertz CT molecular complexity index is 1600. The van der Waals surface area contributed by atoms with Gasteiger partial charge in [-0.1, -0.05) is 152 Å². The SMILES string of the molecule is CC.Cc1ccc(-c2ccc(N(c3ccccc3)c3cccc(-c4ccccc4)c3)cc2)cc1.Cc1ccc(C)cc1. The maximum atomic E-state index is 2.31. The lowest BCUT2D eigenvalue weighted by Gasteiger charge is -2.26. The molecule has 1 nitrogen and oxygen atoms in total. The molecule has 6 aromatic rings. The minimum absolute atomic E-state index is 1.14. The van der Waals surface area contributed by atoms with E-state index in [1.165, 1.54) is 38.9 Å². The molecule has 0 aromatic heterocycles. The molecule has 6 aromatic carbocycles. The lowest BCUT2D eigenvalue weighted by Crippen LogP contribution is -2.09. The first-order valence-electron chi connectivity index (χ1n) is 14.8. The number of anilines is 3. The molecule has 0 saturated carbocycles. The maximum Gasteiger partial charge on any atom is 0.0467 e. The second-order valence-corrected chi connectivity index (χ2v) is 10.2. The standard InChI is InChI=1S/C31H25N.C8H10.C2H6/c1-24-15-17-26(18-16-24)27-19-21-30(22-20-27)32(29-12-6-3-7-13-29)31-14-8-11-28(23-31)25-9-4-2-5-10-25;1-7-3-5-8(2)6-4-7;1-2/h2-23H,1H3;3-6H,1-2H3;1-2H3. The average Bonchev–Trinajstić information content (AvgIpc) is 3.06. The summed E-state index contributed by atoms with van der Waals surface area (Å²) in [4.78, 5) is 2.31. The van der Waals surface area contributed by atoms with Gasteiger partial charge >= 0.3 is 0 Å². The van der Waals surface area contributed by atoms with Crippen molar-refractivity contribution >= 4 is 17.1 Å². The minimum atomic E-state index is 1.14. The Hall–Kier alpha value is -4.88. The van der Waals surface area contributed by atoms with Gasteiger partial charge < -0.3 is 4.90 Å². The molecule has 0 saturated heterocycles. The zero-order chi connectivity index (χ0) is 29.7. The Morgan fingerprint density at radius 2 is 0.667 bits per heavy atom. The normalized spacial score (nSPS) is 10.0. The van der Waals surface area contributed by atoms with Crippen LogP contribution in [0.1, 0.15) is 30.5 Å². The van der Waals surface area contributed by atoms with Gasteiger partial charge in [-0.3, -0.25) is 0 Å². The van der Waals surface area contributed by atoms with Crippen LogP contribution in [0.15, 0.2) is 158 Å². The smallest absolute Gasteiger partial charge is 0.0467 e. The number of rotatable bonds is 5. The van der Waals surface area contributed by atoms with E-state index < -0.39 is 0 Å². The Balaban J connectivity index is 0.000000347. The van der Waals surface area contributed by atoms with E-state index in [-0.39, 0.29) is 0 Å². The predicted octanol–water partition coefficient (Wildman–Crippen LogP) is 12.1. The van der Waals surface area contributed by atoms with Gasteiger partial charge in [-0.25, -0.2) is 0 Å². The second kappa shape index (κ2) is 15.2. The van der Waals surface area contributed by atoms with Crippen molar-refractivity contribution in [2.75, 3.05) is 4.90 Å². The molecule has 0 heterocycles. The maximum absolute atomic E-state index is 2.31. The van der Waals surface area contributed by atoms with Crippen molar-refractivity contribution in [2.24, 2.45) is 0 Å². The van der Waals surface area contributed by atoms with E-state index in [2.05, 4.69) is 183 Å². The Labute approximate surface area is 252 Å². The zero-order valence-corrected chi connectivity index (χ0v) is 25.5. The number of para-hydroxylation sites is 1. The monoisotopic (exact) mass is 547 g/mol. The number of benzene rings is 6. The molecule has 0 aliphatic rings. The summed E-state index contributed by atoms with van der Waals surface area (Å²) in [6.45, 7) is 10.3. The molecule has 6 rings (SSSR count). The van der Waals surface area contributed by atoms with Crippen molar-refractivity contribution in [1.29, 1.82) is 0 Å². The van der Waals surface area contributed by atoms with Crippen molar-refractivity contribution < 1.29 is 0 Å². The lowest BCUT2D eigenvalue weighted by molar-refractivity contribution is 1.28. The molecule has 0 aliphatic carbocycles. The van der Waals surface area contributed by atoms with E-state index in [9.17, 15) is 0 Å². The molecule has 0 radical (unpaired) electrons. The topological polar surface area (TPSA) is 3.24 Å². The largest absolute Gasteiger partial charge is 0.310 e. The molecule has 0 spiro atoms. The van der Waals surface area contributed by atoms with Crippen LogP contribution in [-0.2, 0) is 0 Å². The summed E-state index contributed by atoms with van der Waals surface area (Å²) in [5.41, 5.74) is 12.2. The van der Waals surface area contributed by atoms with Crippen LogP contribution in [0.25, 0.3) is 22.3 Å². The van der Waals surface area contributed by atoms with Crippen LogP contribution >= 0.6 is 0 Å². The summed E-state index contributed by atoms with van der Waals surface area (Å²) in [6, 6.07) is 55.8. The second-order valence-electron chi connectivity index (χ2n) is 10.2. The van der Waals surface area contributed by atoms with Crippen molar-refractivity contribution in [1.82, 2.24) is 0 Å². The van der Waals surface area contributed by atoms with Crippen molar-refractivity contribution in [3.05, 3.63) is 174 Å². The van der Waals surface area contributed by atoms with Gasteiger partial charge in [0.1, 0.15) is 0 Å². The van der Waals surface area contributed by atoms with Crippen LogP contribution < -0.4 is 4.90 Å². The molecule has 1 heteroatoms. The van der Waals surface area contributed by atoms with Gasteiger partial charge in [-0.2, -0.15) is 0 Å². The number of nitrogens with zero attached hydrogens (tertiary/aromatic N) is 1. The average molecular weight is 548 g/mol. The van der Waals surface area contributed by atoms with Crippen molar-refractivity contribution in [3.63, 3.8) is 0 Å². The first kappa shape index (κ1) is 30.1. The van der Waals surface area contributed by atoms with Crippen LogP contribution in [0.2, 0.25) is 0 Å². The highest BCUT2D eigenvalue weighted by Crippen LogP contribution is 2.37. The van der Waals surface area contributed by atoms with E-state index in [0.29, 0.717) is 0 Å². The molecule has 0 bridgehead atoms. The van der Waals surface area contributed by atoms with Crippen LogP contribution in [0.5, 0.6) is 0 Å². The highest BCUT2D eigenvalue weighted by atomic mass is 15.1. The molecule has 0 atom stereocenters. The van der Waals surface area contributed by atoms with Gasteiger partial charge in [-0.15, -0.1) is 0 Å². The van der Waals surface area contributed by atoms with Crippen LogP contribution in [-0.4, -0.2) is 0 Å². The number of hydrogen-bond acceptors (Lipinski definition) is 1. The summed E-state index contributed by atoms with van der Waals surface area (Å²) in [5, 5.41) is 0. The highest BCUT2D eigenvalue weighted by molar-refractivity contribution is 5.81. The molecule has 0 amide bonds. The van der Waals surface area contributed by atoms with Gasteiger partial charge in [-0.05, 0) is 79.4 Å². The highest BCUT2D eigenvalue weighted by Gasteiger charge is 2.13. The van der Waals surface area contributed by atoms with Gasteiger partial charge in [0.05, 0.1) is 0 Å². The summed E-state index contributed by atoms with van der Waals surface area (Å²) >= 11 is 0. The van der Waals surface area contributed by atoms with E-state index >= 15 is 0 Å². The van der Waals surface area contributed by atoms with Gasteiger partial charge in [0.25, 0.3) is 0 Å². The Kier molecular flexibility index (Phi) is 10.9. The first-order chi connectivity index (χ1) is 20.6. The van der Waals surface area contributed by atoms with E-state index in [0.717, 1.165) is 17.1 Å². The molecule has 0 unspecified atom stereocenters. The van der Waals surface area contributed by atoms with Gasteiger partial charge in [0, 0.05) is 17.1 Å². The number of aryl methyl sites for hydroxylation is 3. The third-order valence-electron chi connectivity index (χ3n) is 6.95. The quantitative estimate of drug-likeness (QED) is 0.207. The predicted molar refractivity (Wildman–Crippen MR) is 184 cm³/mol. The Morgan fingerprint density at radius 3 is 1.19 bits per heavy atom.